The van der Waals surface area contributed by atoms with E-state index in [0.717, 1.165) is 21.3 Å². The van der Waals surface area contributed by atoms with Gasteiger partial charge in [0.15, 0.2) is 11.0 Å². The maximum absolute atomic E-state index is 13.0. The lowest BCUT2D eigenvalue weighted by Crippen LogP contribution is -1.97. The zero-order valence-electron chi connectivity index (χ0n) is 12.7. The van der Waals surface area contributed by atoms with Crippen molar-refractivity contribution in [2.75, 3.05) is 0 Å². The molecule has 1 atom stereocenters. The Hall–Kier alpha value is -1.85. The first kappa shape index (κ1) is 16.0. The minimum absolute atomic E-state index is 0.146. The third kappa shape index (κ3) is 3.41. The van der Waals surface area contributed by atoms with Crippen LogP contribution in [-0.4, -0.2) is 14.8 Å². The van der Waals surface area contributed by atoms with Crippen molar-refractivity contribution in [1.82, 2.24) is 14.8 Å². The highest BCUT2D eigenvalue weighted by atomic mass is 35.5. The zero-order chi connectivity index (χ0) is 16.4. The van der Waals surface area contributed by atoms with E-state index >= 15 is 0 Å². The van der Waals surface area contributed by atoms with E-state index in [2.05, 4.69) is 17.1 Å². The Bertz CT molecular complexity index is 817. The maximum Gasteiger partial charge on any atom is 0.191 e. The van der Waals surface area contributed by atoms with E-state index in [1.165, 1.54) is 12.1 Å². The van der Waals surface area contributed by atoms with Crippen molar-refractivity contribution in [3.63, 3.8) is 0 Å². The van der Waals surface area contributed by atoms with Gasteiger partial charge in [0.05, 0.1) is 0 Å². The lowest BCUT2D eigenvalue weighted by molar-refractivity contribution is 0.628. The molecule has 0 aliphatic rings. The van der Waals surface area contributed by atoms with Crippen LogP contribution in [0, 0.1) is 5.82 Å². The van der Waals surface area contributed by atoms with Gasteiger partial charge in [0, 0.05) is 22.9 Å². The molecule has 3 rings (SSSR count). The summed E-state index contributed by atoms with van der Waals surface area (Å²) >= 11 is 7.84. The Balaban J connectivity index is 1.85. The van der Waals surface area contributed by atoms with Gasteiger partial charge in [0.2, 0.25) is 0 Å². The molecular formula is C17H15ClFN3S. The van der Waals surface area contributed by atoms with Crippen LogP contribution in [0.1, 0.15) is 17.7 Å². The first-order chi connectivity index (χ1) is 11.1. The quantitative estimate of drug-likeness (QED) is 0.613. The summed E-state index contributed by atoms with van der Waals surface area (Å²) in [6.45, 7) is 2.08. The number of nitrogens with zero attached hydrogens (tertiary/aromatic N) is 3. The van der Waals surface area contributed by atoms with Crippen LogP contribution in [0.4, 0.5) is 4.39 Å². The average Bonchev–Trinajstić information content (AvgIpc) is 2.89. The molecule has 118 valence electrons. The van der Waals surface area contributed by atoms with E-state index in [4.69, 9.17) is 11.6 Å². The highest BCUT2D eigenvalue weighted by Gasteiger charge is 2.16. The standard InChI is InChI=1S/C17H15ClFN3S/c1-11(14-5-3-4-6-15(14)18)23-17-21-20-16(22(17)2)12-7-9-13(19)10-8-12/h3-11H,1-2H3/t11-/m1/s1. The molecule has 0 saturated heterocycles. The van der Waals surface area contributed by atoms with Crippen LogP contribution in [0.5, 0.6) is 0 Å². The highest BCUT2D eigenvalue weighted by Crippen LogP contribution is 2.37. The van der Waals surface area contributed by atoms with Gasteiger partial charge in [-0.25, -0.2) is 4.39 Å². The average molecular weight is 348 g/mol. The molecule has 0 fully saturated rings. The summed E-state index contributed by atoms with van der Waals surface area (Å²) < 4.78 is 15.0. The van der Waals surface area contributed by atoms with Gasteiger partial charge in [-0.3, -0.25) is 0 Å². The molecule has 0 saturated carbocycles. The smallest absolute Gasteiger partial charge is 0.191 e. The molecule has 6 heteroatoms. The van der Waals surface area contributed by atoms with Crippen LogP contribution < -0.4 is 0 Å². The van der Waals surface area contributed by atoms with Crippen LogP contribution in [0.3, 0.4) is 0 Å². The molecule has 0 unspecified atom stereocenters. The predicted molar refractivity (Wildman–Crippen MR) is 92.1 cm³/mol. The molecule has 0 radical (unpaired) electrons. The second kappa shape index (κ2) is 6.72. The minimum Gasteiger partial charge on any atom is -0.305 e. The zero-order valence-corrected chi connectivity index (χ0v) is 14.3. The molecule has 0 spiro atoms. The van der Waals surface area contributed by atoms with Crippen molar-refractivity contribution in [1.29, 1.82) is 0 Å². The van der Waals surface area contributed by atoms with Gasteiger partial charge in [-0.1, -0.05) is 41.6 Å². The summed E-state index contributed by atoms with van der Waals surface area (Å²) in [5, 5.41) is 10.1. The van der Waals surface area contributed by atoms with E-state index in [1.54, 1.807) is 23.9 Å². The molecule has 1 aromatic heterocycles. The molecular weight excluding hydrogens is 333 g/mol. The predicted octanol–water partition coefficient (Wildman–Crippen LogP) is 5.13. The summed E-state index contributed by atoms with van der Waals surface area (Å²) in [6, 6.07) is 14.0. The molecule has 1 heterocycles. The number of benzene rings is 2. The van der Waals surface area contributed by atoms with Crippen molar-refractivity contribution < 1.29 is 4.39 Å². The number of rotatable bonds is 4. The second-order valence-corrected chi connectivity index (χ2v) is 6.87. The third-order valence-electron chi connectivity index (χ3n) is 3.56. The van der Waals surface area contributed by atoms with Gasteiger partial charge < -0.3 is 4.57 Å². The van der Waals surface area contributed by atoms with Crippen LogP contribution in [0.25, 0.3) is 11.4 Å². The highest BCUT2D eigenvalue weighted by molar-refractivity contribution is 7.99. The SMILES string of the molecule is C[C@@H](Sc1nnc(-c2ccc(F)cc2)n1C)c1ccccc1Cl. The number of halogens is 2. The van der Waals surface area contributed by atoms with Crippen LogP contribution in [0.2, 0.25) is 5.02 Å². The third-order valence-corrected chi connectivity index (χ3v) is 5.08. The van der Waals surface area contributed by atoms with E-state index in [0.29, 0.717) is 5.82 Å². The molecule has 0 bridgehead atoms. The molecule has 3 nitrogen and oxygen atoms in total. The van der Waals surface area contributed by atoms with E-state index < -0.39 is 0 Å². The fraction of sp³-hybridized carbons (Fsp3) is 0.176. The van der Waals surface area contributed by atoms with Gasteiger partial charge in [-0.05, 0) is 42.8 Å². The van der Waals surface area contributed by atoms with E-state index in [1.807, 2.05) is 35.9 Å². The number of aromatic nitrogens is 3. The Morgan fingerprint density at radius 3 is 2.48 bits per heavy atom. The van der Waals surface area contributed by atoms with Crippen molar-refractivity contribution in [3.8, 4) is 11.4 Å². The molecule has 0 aliphatic heterocycles. The second-order valence-electron chi connectivity index (χ2n) is 5.15. The molecule has 0 amide bonds. The van der Waals surface area contributed by atoms with E-state index in [-0.39, 0.29) is 11.1 Å². The molecule has 0 N–H and O–H groups in total. The van der Waals surface area contributed by atoms with Crippen LogP contribution >= 0.6 is 23.4 Å². The van der Waals surface area contributed by atoms with Crippen molar-refractivity contribution in [2.45, 2.75) is 17.3 Å². The van der Waals surface area contributed by atoms with Crippen LogP contribution in [-0.2, 0) is 7.05 Å². The first-order valence-corrected chi connectivity index (χ1v) is 8.38. The number of hydrogen-bond acceptors (Lipinski definition) is 3. The van der Waals surface area contributed by atoms with E-state index in [9.17, 15) is 4.39 Å². The number of thioether (sulfide) groups is 1. The van der Waals surface area contributed by atoms with Gasteiger partial charge in [-0.15, -0.1) is 10.2 Å². The number of hydrogen-bond donors (Lipinski definition) is 0. The first-order valence-electron chi connectivity index (χ1n) is 7.12. The van der Waals surface area contributed by atoms with Crippen molar-refractivity contribution >= 4 is 23.4 Å². The Kier molecular flexibility index (Phi) is 4.68. The van der Waals surface area contributed by atoms with Crippen molar-refractivity contribution in [3.05, 3.63) is 64.9 Å². The summed E-state index contributed by atoms with van der Waals surface area (Å²) in [7, 11) is 1.90. The normalized spacial score (nSPS) is 12.3. The van der Waals surface area contributed by atoms with Gasteiger partial charge in [0.1, 0.15) is 5.82 Å². The fourth-order valence-corrected chi connectivity index (χ4v) is 3.64. The Labute approximate surface area is 143 Å². The lowest BCUT2D eigenvalue weighted by atomic mass is 10.2. The molecule has 2 aromatic carbocycles. The monoisotopic (exact) mass is 347 g/mol. The molecule has 0 aliphatic carbocycles. The van der Waals surface area contributed by atoms with Gasteiger partial charge in [-0.2, -0.15) is 0 Å². The summed E-state index contributed by atoms with van der Waals surface area (Å²) in [5.41, 5.74) is 1.89. The maximum atomic E-state index is 13.0. The van der Waals surface area contributed by atoms with Crippen molar-refractivity contribution in [2.24, 2.45) is 7.05 Å². The summed E-state index contributed by atoms with van der Waals surface area (Å²) in [6.07, 6.45) is 0. The Morgan fingerprint density at radius 2 is 1.78 bits per heavy atom. The molecule has 23 heavy (non-hydrogen) atoms. The lowest BCUT2D eigenvalue weighted by Gasteiger charge is -2.12. The van der Waals surface area contributed by atoms with Gasteiger partial charge >= 0.3 is 0 Å². The molecule has 3 aromatic rings. The van der Waals surface area contributed by atoms with Crippen LogP contribution in [0.15, 0.2) is 53.7 Å². The topological polar surface area (TPSA) is 30.7 Å². The van der Waals surface area contributed by atoms with Gasteiger partial charge in [0.25, 0.3) is 0 Å². The minimum atomic E-state index is -0.266. The Morgan fingerprint density at radius 1 is 1.09 bits per heavy atom. The largest absolute Gasteiger partial charge is 0.305 e. The fourth-order valence-electron chi connectivity index (χ4n) is 2.29. The summed E-state index contributed by atoms with van der Waals surface area (Å²) in [5.74, 6) is 0.441. The summed E-state index contributed by atoms with van der Waals surface area (Å²) in [4.78, 5) is 0.